The van der Waals surface area contributed by atoms with Gasteiger partial charge < -0.3 is 14.9 Å². The lowest BCUT2D eigenvalue weighted by molar-refractivity contribution is -0.257. The Balaban J connectivity index is 2.13. The van der Waals surface area contributed by atoms with Crippen LogP contribution in [0.3, 0.4) is 0 Å². The highest BCUT2D eigenvalue weighted by Crippen LogP contribution is 2.51. The summed E-state index contributed by atoms with van der Waals surface area (Å²) in [6.07, 6.45) is 0.883. The van der Waals surface area contributed by atoms with Crippen molar-refractivity contribution in [1.29, 1.82) is 0 Å². The number of carboxylic acid groups (broad SMARTS) is 1. The molecule has 0 aliphatic carbocycles. The first kappa shape index (κ1) is 18.6. The van der Waals surface area contributed by atoms with Gasteiger partial charge in [-0.15, -0.1) is 0 Å². The van der Waals surface area contributed by atoms with E-state index in [9.17, 15) is 15.0 Å². The maximum atomic E-state index is 12.0. The number of hydrogen-bond donors (Lipinski definition) is 2. The van der Waals surface area contributed by atoms with Crippen molar-refractivity contribution >= 4 is 5.97 Å². The largest absolute Gasteiger partial charge is 0.481 e. The Hall–Kier alpha value is -2.17. The molecule has 26 heavy (non-hydrogen) atoms. The fraction of sp³-hybridized carbons (Fsp3) is 0.409. The van der Waals surface area contributed by atoms with Crippen LogP contribution < -0.4 is 0 Å². The summed E-state index contributed by atoms with van der Waals surface area (Å²) < 4.78 is 6.38. The molecule has 0 amide bonds. The second-order valence-electron chi connectivity index (χ2n) is 7.81. The van der Waals surface area contributed by atoms with Gasteiger partial charge in [0.15, 0.2) is 0 Å². The highest BCUT2D eigenvalue weighted by atomic mass is 16.5. The molecule has 0 aromatic heterocycles. The van der Waals surface area contributed by atoms with E-state index in [4.69, 9.17) is 4.74 Å². The summed E-state index contributed by atoms with van der Waals surface area (Å²) in [7, 11) is 0. The number of rotatable bonds is 4. The van der Waals surface area contributed by atoms with Gasteiger partial charge in [-0.2, -0.15) is 0 Å². The fourth-order valence-electron chi connectivity index (χ4n) is 4.28. The molecule has 2 aromatic rings. The van der Waals surface area contributed by atoms with Crippen LogP contribution in [0.4, 0.5) is 0 Å². The Morgan fingerprint density at radius 3 is 1.85 bits per heavy atom. The van der Waals surface area contributed by atoms with Crippen molar-refractivity contribution in [2.75, 3.05) is 0 Å². The summed E-state index contributed by atoms with van der Waals surface area (Å²) in [4.78, 5) is 11.6. The number of carbonyl (C=O) groups is 1. The summed E-state index contributed by atoms with van der Waals surface area (Å²) in [6, 6.07) is 18.9. The first-order valence-electron chi connectivity index (χ1n) is 8.97. The van der Waals surface area contributed by atoms with E-state index in [1.165, 1.54) is 0 Å². The second-order valence-corrected chi connectivity index (χ2v) is 7.81. The van der Waals surface area contributed by atoms with E-state index in [-0.39, 0.29) is 0 Å². The summed E-state index contributed by atoms with van der Waals surface area (Å²) in [5.74, 6) is -1.47. The molecule has 0 saturated carbocycles. The first-order valence-corrected chi connectivity index (χ1v) is 8.97. The molecule has 1 aliphatic rings. The molecule has 2 N–H and O–H groups in total. The van der Waals surface area contributed by atoms with Gasteiger partial charge >= 0.3 is 5.97 Å². The molecule has 0 radical (unpaired) electrons. The number of hydrogen-bond acceptors (Lipinski definition) is 3. The van der Waals surface area contributed by atoms with Crippen molar-refractivity contribution in [3.8, 4) is 0 Å². The average Bonchev–Trinajstić information content (AvgIpc) is 2.61. The summed E-state index contributed by atoms with van der Waals surface area (Å²) >= 11 is 0. The lowest BCUT2D eigenvalue weighted by Crippen LogP contribution is -2.61. The van der Waals surface area contributed by atoms with Crippen LogP contribution in [-0.4, -0.2) is 27.4 Å². The zero-order valence-corrected chi connectivity index (χ0v) is 15.5. The van der Waals surface area contributed by atoms with Crippen molar-refractivity contribution in [2.24, 2.45) is 5.92 Å². The van der Waals surface area contributed by atoms with Gasteiger partial charge in [0.2, 0.25) is 0 Å². The van der Waals surface area contributed by atoms with Crippen LogP contribution in [-0.2, 0) is 15.1 Å². The van der Waals surface area contributed by atoms with E-state index in [1.54, 1.807) is 13.8 Å². The molecule has 0 bridgehead atoms. The molecular formula is C22H26O4. The lowest BCUT2D eigenvalue weighted by Gasteiger charge is -2.54. The maximum Gasteiger partial charge on any atom is 0.309 e. The van der Waals surface area contributed by atoms with Gasteiger partial charge in [-0.05, 0) is 44.7 Å². The SMILES string of the molecule is CC1(C)O[C@@](C)(C(O)(c2ccccc2)c2ccccc2)CC[C@H]1C(=O)O. The van der Waals surface area contributed by atoms with E-state index in [0.29, 0.717) is 12.8 Å². The molecular weight excluding hydrogens is 328 g/mol. The molecule has 2 aromatic carbocycles. The zero-order valence-electron chi connectivity index (χ0n) is 15.5. The van der Waals surface area contributed by atoms with Crippen LogP contribution in [0.25, 0.3) is 0 Å². The third-order valence-electron chi connectivity index (χ3n) is 5.68. The van der Waals surface area contributed by atoms with E-state index < -0.39 is 28.7 Å². The van der Waals surface area contributed by atoms with Crippen LogP contribution in [0.15, 0.2) is 60.7 Å². The molecule has 2 atom stereocenters. The standard InChI is InChI=1S/C22H26O4/c1-20(2)18(19(23)24)14-15-21(3,26-20)22(25,16-10-6-4-7-11-16)17-12-8-5-9-13-17/h4-13,18,25H,14-15H2,1-3H3,(H,23,24)/t18-,21+/m0/s1. The van der Waals surface area contributed by atoms with Crippen molar-refractivity contribution < 1.29 is 19.7 Å². The minimum atomic E-state index is -1.39. The van der Waals surface area contributed by atoms with E-state index in [2.05, 4.69) is 0 Å². The van der Waals surface area contributed by atoms with Crippen LogP contribution in [0.2, 0.25) is 0 Å². The first-order chi connectivity index (χ1) is 12.2. The van der Waals surface area contributed by atoms with Crippen molar-refractivity contribution in [2.45, 2.75) is 50.4 Å². The number of benzene rings is 2. The maximum absolute atomic E-state index is 12.0. The van der Waals surface area contributed by atoms with Crippen LogP contribution in [0, 0.1) is 5.92 Å². The van der Waals surface area contributed by atoms with Gasteiger partial charge in [-0.25, -0.2) is 0 Å². The smallest absolute Gasteiger partial charge is 0.309 e. The van der Waals surface area contributed by atoms with Gasteiger partial charge in [0.25, 0.3) is 0 Å². The predicted octanol–water partition coefficient (Wildman–Crippen LogP) is 3.97. The van der Waals surface area contributed by atoms with Crippen molar-refractivity contribution in [1.82, 2.24) is 0 Å². The molecule has 0 unspecified atom stereocenters. The second kappa shape index (κ2) is 6.53. The highest BCUT2D eigenvalue weighted by molar-refractivity contribution is 5.71. The van der Waals surface area contributed by atoms with Gasteiger partial charge in [0.1, 0.15) is 11.2 Å². The van der Waals surface area contributed by atoms with E-state index in [1.807, 2.05) is 67.6 Å². The van der Waals surface area contributed by atoms with Crippen molar-refractivity contribution in [3.63, 3.8) is 0 Å². The van der Waals surface area contributed by atoms with Gasteiger partial charge in [0.05, 0.1) is 11.5 Å². The highest BCUT2D eigenvalue weighted by Gasteiger charge is 2.57. The Labute approximate surface area is 154 Å². The quantitative estimate of drug-likeness (QED) is 0.872. The molecule has 0 spiro atoms. The molecule has 1 fully saturated rings. The summed E-state index contributed by atoms with van der Waals surface area (Å²) in [5, 5.41) is 21.6. The number of carboxylic acids is 1. The Morgan fingerprint density at radius 2 is 1.46 bits per heavy atom. The summed E-state index contributed by atoms with van der Waals surface area (Å²) in [5.41, 5.74) is -1.78. The third-order valence-corrected chi connectivity index (χ3v) is 5.68. The Morgan fingerprint density at radius 1 is 1.00 bits per heavy atom. The number of ether oxygens (including phenoxy) is 1. The topological polar surface area (TPSA) is 66.8 Å². The molecule has 138 valence electrons. The minimum Gasteiger partial charge on any atom is -0.481 e. The monoisotopic (exact) mass is 354 g/mol. The third kappa shape index (κ3) is 2.93. The van der Waals surface area contributed by atoms with Gasteiger partial charge in [0, 0.05) is 0 Å². The number of aliphatic carboxylic acids is 1. The summed E-state index contributed by atoms with van der Waals surface area (Å²) in [6.45, 7) is 5.46. The van der Waals surface area contributed by atoms with Gasteiger partial charge in [-0.3, -0.25) is 4.79 Å². The molecule has 1 saturated heterocycles. The Kier molecular flexibility index (Phi) is 4.67. The lowest BCUT2D eigenvalue weighted by atomic mass is 9.67. The van der Waals surface area contributed by atoms with Crippen molar-refractivity contribution in [3.05, 3.63) is 71.8 Å². The molecule has 4 nitrogen and oxygen atoms in total. The van der Waals surface area contributed by atoms with E-state index >= 15 is 0 Å². The number of aliphatic hydroxyl groups is 1. The Bertz CT molecular complexity index is 730. The van der Waals surface area contributed by atoms with E-state index in [0.717, 1.165) is 11.1 Å². The molecule has 1 aliphatic heterocycles. The molecule has 1 heterocycles. The molecule has 4 heteroatoms. The molecule has 3 rings (SSSR count). The van der Waals surface area contributed by atoms with Crippen LogP contribution >= 0.6 is 0 Å². The minimum absolute atomic E-state index is 0.438. The van der Waals surface area contributed by atoms with Crippen LogP contribution in [0.5, 0.6) is 0 Å². The average molecular weight is 354 g/mol. The zero-order chi connectivity index (χ0) is 19.0. The normalized spacial score (nSPS) is 25.6. The van der Waals surface area contributed by atoms with Crippen LogP contribution in [0.1, 0.15) is 44.7 Å². The fourth-order valence-corrected chi connectivity index (χ4v) is 4.28. The van der Waals surface area contributed by atoms with Gasteiger partial charge in [-0.1, -0.05) is 60.7 Å². The predicted molar refractivity (Wildman–Crippen MR) is 99.8 cm³/mol.